The number of aryl methyl sites for hydroxylation is 3. The van der Waals surface area contributed by atoms with Crippen molar-refractivity contribution in [2.75, 3.05) is 24.9 Å². The van der Waals surface area contributed by atoms with E-state index in [2.05, 4.69) is 76.5 Å². The van der Waals surface area contributed by atoms with Gasteiger partial charge >= 0.3 is 0 Å². The highest BCUT2D eigenvalue weighted by Gasteiger charge is 2.42. The molecule has 2 aliphatic rings. The van der Waals surface area contributed by atoms with Crippen LogP contribution in [0.3, 0.4) is 0 Å². The molecule has 1 saturated heterocycles. The smallest absolute Gasteiger partial charge is 0.167 e. The summed E-state index contributed by atoms with van der Waals surface area (Å²) in [5.74, 6) is 1.01. The third-order valence-electron chi connectivity index (χ3n) is 6.65. The second-order valence-electron chi connectivity index (χ2n) is 8.66. The molecular weight excluding hydrogens is 364 g/mol. The molecule has 1 fully saturated rings. The van der Waals surface area contributed by atoms with Crippen LogP contribution in [0.1, 0.15) is 153 Å². The Hall–Kier alpha value is -1.85. The summed E-state index contributed by atoms with van der Waals surface area (Å²) in [5, 5.41) is 2.55. The van der Waals surface area contributed by atoms with E-state index >= 15 is 0 Å². The fraction of sp³-hybridized carbons (Fsp3) is 0.522. The van der Waals surface area contributed by atoms with E-state index in [0.29, 0.717) is 6.04 Å². The van der Waals surface area contributed by atoms with Gasteiger partial charge in [0.1, 0.15) is 10.8 Å². The number of hydrogen-bond acceptors (Lipinski definition) is 5. The van der Waals surface area contributed by atoms with Crippen LogP contribution in [0.25, 0.3) is 0 Å². The summed E-state index contributed by atoms with van der Waals surface area (Å²) in [5.41, 5.74) is 5.19. The zero-order chi connectivity index (χ0) is 21.1. The highest BCUT2D eigenvalue weighted by atomic mass is 32.1. The molecule has 4 nitrogen and oxygen atoms in total. The fourth-order valence-electron chi connectivity index (χ4n) is 4.39. The van der Waals surface area contributed by atoms with Crippen LogP contribution in [-0.4, -0.2) is 46.9 Å². The van der Waals surface area contributed by atoms with Gasteiger partial charge in [0.25, 0.3) is 0 Å². The quantitative estimate of drug-likeness (QED) is 0.387. The van der Waals surface area contributed by atoms with E-state index in [1.54, 1.807) is 16.6 Å². The van der Waals surface area contributed by atoms with Crippen LogP contribution in [0, 0.1) is 20.8 Å². The van der Waals surface area contributed by atoms with Crippen molar-refractivity contribution >= 4 is 33.5 Å². The Balaban J connectivity index is -0.00000000206. The van der Waals surface area contributed by atoms with Crippen LogP contribution in [0.5, 0.6) is 0 Å². The van der Waals surface area contributed by atoms with Gasteiger partial charge < -0.3 is 10.2 Å². The molecule has 2 aliphatic heterocycles. The minimum absolute atomic E-state index is 0. The predicted octanol–water partition coefficient (Wildman–Crippen LogP) is 23.6. The Morgan fingerprint density at radius 1 is 1.25 bits per heavy atom. The number of nitrogens with one attached hydrogen (secondary N) is 1. The molecule has 3 heterocycles. The molecule has 0 saturated carbocycles. The first-order valence-corrected chi connectivity index (χ1v) is 11.1. The van der Waals surface area contributed by atoms with Gasteiger partial charge in [-0.1, -0.05) is 6.92 Å². The highest BCUT2D eigenvalue weighted by molar-refractivity contribution is 7.16. The number of anilines is 2. The maximum atomic E-state index is 8.90. The molecule has 0 spiro atoms. The van der Waals surface area contributed by atoms with Crippen molar-refractivity contribution < 1.29 is 106 Å². The first-order chi connectivity index (χ1) is 13.6. The summed E-state index contributed by atoms with van der Waals surface area (Å²) in [6.07, 6.45) is 0. The Kier molecular flexibility index (Phi) is 4.48. The molecule has 1 unspecified atom stereocenters. The molecule has 5 heteroatoms. The van der Waals surface area contributed by atoms with E-state index in [1.165, 1.54) is 16.0 Å². The number of hydrogen-bond donors (Lipinski definition) is 1. The fourth-order valence-corrected chi connectivity index (χ4v) is 5.28. The molecule has 4 rings (SSSR count). The van der Waals surface area contributed by atoms with Gasteiger partial charge in [0, 0.05) is 128 Å². The number of rotatable bonds is 1. The molecule has 0 amide bonds. The zero-order valence-electron chi connectivity index (χ0n) is 19.1. The van der Waals surface area contributed by atoms with Gasteiger partial charge in [0.05, 0.1) is 22.5 Å². The lowest BCUT2D eigenvalue weighted by molar-refractivity contribution is 0.0207. The number of amidine groups is 1. The maximum Gasteiger partial charge on any atom is 0.167 e. The number of aliphatic imine (C=N–C) groups is 1. The van der Waals surface area contributed by atoms with Crippen LogP contribution >= 0.6 is 11.3 Å². The molecule has 1 aromatic heterocycles. The summed E-state index contributed by atoms with van der Waals surface area (Å²) < 4.78 is 8.90. The number of fused-ring (bicyclic) bond motifs is 2. The molecule has 2 aromatic rings. The Morgan fingerprint density at radius 3 is 2.68 bits per heavy atom. The standard InChI is InChI=1S/C23H32N4S.73H2/c1-8-26-9-10-27(23(6,7)17(26)5)21-18-13-16(4)28-22(18)25-20-12-15(3)14(2)11-19(20)24-21;;;;;;;;;;;;;;;;;;;;;;;;;;;;;;;;;;;;;;;;;;;;;;;;;;;;;;;;;;;;;;;;;;;;;;;;;/h11-13,17,25H,8-10H2,1-7H3;73*1H/i/hD. The minimum atomic E-state index is -0.0582. The SMILES string of the molecule is [2H]N1c2cc(C)c(C)cc2N=C(N2CCN(CC)C(C)C2(C)C)c2cc(C)sc21.[HH].[HH].[HH].[HH].[HH].[HH].[HH].[HH].[HH].[HH].[HH].[HH].[HH].[HH].[HH].[HH].[HH].[HH].[HH].[HH].[HH].[HH].[HH].[HH].[HH].[HH].[HH].[HH].[HH].[HH].[HH].[HH].[HH].[HH].[HH].[HH].[HH].[HH].[HH].[HH].[HH].[HH].[HH].[HH].[HH].[HH].[HH].[HH].[HH].[HH].[HH].[HH].[HH].[HH].[HH].[HH].[HH].[HH].[HH].[HH].[HH].[HH].[HH].[HH].[HH].[HH].[HH].[HH].[HH].[HH].[HH].[HH].[HH]. The Labute approximate surface area is 283 Å². The summed E-state index contributed by atoms with van der Waals surface area (Å²) in [6, 6.07) is 6.86. The van der Waals surface area contributed by atoms with E-state index in [0.717, 1.165) is 47.4 Å². The molecular formula is C23H178N4S. The second kappa shape index (κ2) is 6.89. The lowest BCUT2D eigenvalue weighted by Gasteiger charge is -2.53. The normalized spacial score (nSPS) is 22.3. The van der Waals surface area contributed by atoms with Gasteiger partial charge in [0.2, 0.25) is 0 Å². The number of benzene rings is 1. The number of thiophene rings is 1. The highest BCUT2D eigenvalue weighted by Crippen LogP contribution is 2.42. The Morgan fingerprint density at radius 2 is 1.96 bits per heavy atom. The van der Waals surface area contributed by atoms with Gasteiger partial charge in [-0.15, -0.1) is 11.3 Å². The largest absolute Gasteiger partial charge is 0.348 e. The van der Waals surface area contributed by atoms with Crippen LogP contribution in [0.2, 0.25) is 1.41 Å². The summed E-state index contributed by atoms with van der Waals surface area (Å²) in [6.45, 7) is 18.6. The van der Waals surface area contributed by atoms with Crippen LogP contribution < -0.4 is 5.31 Å². The third-order valence-corrected chi connectivity index (χ3v) is 7.60. The Bertz CT molecular complexity index is 1060. The van der Waals surface area contributed by atoms with Gasteiger partial charge in [-0.2, -0.15) is 0 Å². The lowest BCUT2D eigenvalue weighted by Crippen LogP contribution is -2.65. The van der Waals surface area contributed by atoms with Crippen LogP contribution in [0.4, 0.5) is 16.4 Å². The molecule has 0 radical (unpaired) electrons. The average molecular weight is 545 g/mol. The topological polar surface area (TPSA) is 30.9 Å². The monoisotopic (exact) mass is 544 g/mol. The van der Waals surface area contributed by atoms with Crippen molar-refractivity contribution in [1.82, 2.24) is 9.80 Å². The van der Waals surface area contributed by atoms with Crippen molar-refractivity contribution in [2.24, 2.45) is 4.99 Å². The lowest BCUT2D eigenvalue weighted by atomic mass is 9.88. The molecule has 0 bridgehead atoms. The van der Waals surface area contributed by atoms with Gasteiger partial charge in [-0.25, -0.2) is 4.99 Å². The van der Waals surface area contributed by atoms with Crippen molar-refractivity contribution in [3.8, 4) is 0 Å². The van der Waals surface area contributed by atoms with Crippen molar-refractivity contribution in [3.63, 3.8) is 0 Å². The molecule has 1 aromatic carbocycles. The van der Waals surface area contributed by atoms with Crippen molar-refractivity contribution in [3.05, 3.63) is 39.8 Å². The van der Waals surface area contributed by atoms with E-state index < -0.39 is 0 Å². The van der Waals surface area contributed by atoms with Gasteiger partial charge in [0.15, 0.2) is 1.41 Å². The number of piperazine rings is 1. The third kappa shape index (κ3) is 3.05. The van der Waals surface area contributed by atoms with E-state index in [4.69, 9.17) is 6.40 Å². The molecule has 28 heavy (non-hydrogen) atoms. The van der Waals surface area contributed by atoms with Crippen molar-refractivity contribution in [1.29, 1.82) is 0 Å². The first kappa shape index (κ1) is 18.2. The van der Waals surface area contributed by atoms with E-state index in [9.17, 15) is 0 Å². The van der Waals surface area contributed by atoms with E-state index in [1.807, 2.05) is 0 Å². The van der Waals surface area contributed by atoms with Crippen molar-refractivity contribution in [2.45, 2.75) is 60.0 Å². The molecule has 1 atom stereocenters. The van der Waals surface area contributed by atoms with E-state index in [-0.39, 0.29) is 110 Å². The summed E-state index contributed by atoms with van der Waals surface area (Å²) in [4.78, 5) is 11.5. The van der Waals surface area contributed by atoms with Gasteiger partial charge in [-0.3, -0.25) is 4.90 Å². The number of nitrogens with zero attached hydrogens (tertiary/aromatic N) is 3. The van der Waals surface area contributed by atoms with Crippen LogP contribution in [-0.2, 0) is 0 Å². The average Bonchev–Trinajstić information content (AvgIpc) is 3.02. The zero-order valence-corrected chi connectivity index (χ0v) is 18.9. The molecule has 1 N–H and O–H groups in total. The second-order valence-corrected chi connectivity index (χ2v) is 9.89. The van der Waals surface area contributed by atoms with Gasteiger partial charge in [-0.05, 0) is 77.4 Å². The predicted molar refractivity (Wildman–Crippen MR) is 276 cm³/mol. The molecule has 0 aliphatic carbocycles. The minimum Gasteiger partial charge on any atom is -0.348 e. The maximum absolute atomic E-state index is 8.90. The van der Waals surface area contributed by atoms with Crippen LogP contribution in [0.15, 0.2) is 23.2 Å². The number of likely N-dealkylation sites (N-methyl/N-ethyl adjacent to an activating group) is 1. The first-order valence-electron chi connectivity index (χ1n) is 10.7. The summed E-state index contributed by atoms with van der Waals surface area (Å²) in [7, 11) is 0. The molecule has 296 valence electrons. The summed E-state index contributed by atoms with van der Waals surface area (Å²) >= 11 is 1.68.